The number of fused-ring (bicyclic) bond motifs is 1. The summed E-state index contributed by atoms with van der Waals surface area (Å²) in [5.41, 5.74) is 0.552. The second-order valence-corrected chi connectivity index (χ2v) is 5.44. The van der Waals surface area contributed by atoms with Gasteiger partial charge >= 0.3 is 0 Å². The van der Waals surface area contributed by atoms with Gasteiger partial charge in [-0.2, -0.15) is 0 Å². The predicted octanol–water partition coefficient (Wildman–Crippen LogP) is 1.12. The van der Waals surface area contributed by atoms with E-state index in [9.17, 15) is 13.2 Å². The predicted molar refractivity (Wildman–Crippen MR) is 64.8 cm³/mol. The van der Waals surface area contributed by atoms with Crippen molar-refractivity contribution in [3.63, 3.8) is 0 Å². The van der Waals surface area contributed by atoms with Gasteiger partial charge in [-0.1, -0.05) is 24.3 Å². The smallest absolute Gasteiger partial charge is 0.263 e. The summed E-state index contributed by atoms with van der Waals surface area (Å²) in [6, 6.07) is 6.53. The highest BCUT2D eigenvalue weighted by Gasteiger charge is 2.33. The van der Waals surface area contributed by atoms with Crippen LogP contribution in [0.25, 0.3) is 6.08 Å². The quantitative estimate of drug-likeness (QED) is 0.816. The highest BCUT2D eigenvalue weighted by molar-refractivity contribution is 7.96. The van der Waals surface area contributed by atoms with E-state index in [2.05, 4.69) is 11.9 Å². The first-order chi connectivity index (χ1) is 8.07. The Labute approximate surface area is 99.6 Å². The molecule has 0 aliphatic carbocycles. The molecule has 1 aromatic carbocycles. The summed E-state index contributed by atoms with van der Waals surface area (Å²) in [6.07, 6.45) is 2.89. The minimum Gasteiger partial charge on any atom is -0.348 e. The van der Waals surface area contributed by atoms with Crippen molar-refractivity contribution >= 4 is 21.8 Å². The van der Waals surface area contributed by atoms with E-state index < -0.39 is 15.7 Å². The zero-order chi connectivity index (χ0) is 12.5. The fraction of sp³-hybridized carbons (Fsp3) is 0.0833. The number of hydrogen-bond acceptors (Lipinski definition) is 3. The third-order valence-electron chi connectivity index (χ3n) is 2.42. The largest absolute Gasteiger partial charge is 0.348 e. The topological polar surface area (TPSA) is 63.2 Å². The Morgan fingerprint density at radius 2 is 2.06 bits per heavy atom. The van der Waals surface area contributed by atoms with Crippen LogP contribution in [0.4, 0.5) is 0 Å². The minimum absolute atomic E-state index is 0.184. The number of amides is 1. The molecule has 2 rings (SSSR count). The lowest BCUT2D eigenvalue weighted by Crippen LogP contribution is -2.27. The molecule has 0 radical (unpaired) electrons. The van der Waals surface area contributed by atoms with Gasteiger partial charge in [-0.05, 0) is 17.7 Å². The third kappa shape index (κ3) is 1.89. The monoisotopic (exact) mass is 249 g/mol. The highest BCUT2D eigenvalue weighted by atomic mass is 32.2. The van der Waals surface area contributed by atoms with Crippen molar-refractivity contribution < 1.29 is 13.2 Å². The summed E-state index contributed by atoms with van der Waals surface area (Å²) in [6.45, 7) is 3.69. The average molecular weight is 249 g/mol. The lowest BCUT2D eigenvalue weighted by atomic mass is 10.2. The van der Waals surface area contributed by atoms with E-state index in [-0.39, 0.29) is 16.3 Å². The van der Waals surface area contributed by atoms with Crippen LogP contribution in [0.5, 0.6) is 0 Å². The molecule has 0 aromatic heterocycles. The summed E-state index contributed by atoms with van der Waals surface area (Å²) >= 11 is 0. The molecule has 0 unspecified atom stereocenters. The van der Waals surface area contributed by atoms with Crippen LogP contribution in [-0.4, -0.2) is 20.9 Å². The molecule has 0 saturated carbocycles. The van der Waals surface area contributed by atoms with Gasteiger partial charge in [-0.3, -0.25) is 4.79 Å². The van der Waals surface area contributed by atoms with Crippen molar-refractivity contribution in [2.24, 2.45) is 0 Å². The number of nitrogens with one attached hydrogen (secondary N) is 1. The number of sulfone groups is 1. The van der Waals surface area contributed by atoms with E-state index in [1.807, 2.05) is 0 Å². The Bertz CT molecular complexity index is 614. The Morgan fingerprint density at radius 1 is 1.35 bits per heavy atom. The minimum atomic E-state index is -3.66. The van der Waals surface area contributed by atoms with Gasteiger partial charge in [0.05, 0.1) is 4.90 Å². The van der Waals surface area contributed by atoms with Crippen molar-refractivity contribution in [1.82, 2.24) is 5.32 Å². The van der Waals surface area contributed by atoms with Crippen LogP contribution in [0.2, 0.25) is 0 Å². The van der Waals surface area contributed by atoms with Crippen LogP contribution < -0.4 is 5.32 Å². The lowest BCUT2D eigenvalue weighted by molar-refractivity contribution is -0.116. The maximum Gasteiger partial charge on any atom is 0.263 e. The maximum absolute atomic E-state index is 12.0. The third-order valence-corrected chi connectivity index (χ3v) is 4.25. The fourth-order valence-electron chi connectivity index (χ4n) is 1.62. The molecule has 1 N–H and O–H groups in total. The molecule has 17 heavy (non-hydrogen) atoms. The summed E-state index contributed by atoms with van der Waals surface area (Å²) in [5, 5.41) is 2.46. The first-order valence-corrected chi connectivity index (χ1v) is 6.50. The molecule has 1 aliphatic rings. The number of carbonyl (C=O) groups excluding carboxylic acids is 1. The van der Waals surface area contributed by atoms with E-state index in [0.717, 1.165) is 0 Å². The van der Waals surface area contributed by atoms with Crippen LogP contribution in [0, 0.1) is 0 Å². The van der Waals surface area contributed by atoms with Crippen LogP contribution in [0.15, 0.2) is 46.7 Å². The van der Waals surface area contributed by atoms with E-state index in [1.165, 1.54) is 18.2 Å². The van der Waals surface area contributed by atoms with Gasteiger partial charge in [0, 0.05) is 6.54 Å². The number of carbonyl (C=O) groups is 1. The van der Waals surface area contributed by atoms with Crippen LogP contribution in [0.1, 0.15) is 5.56 Å². The average Bonchev–Trinajstić information content (AvgIpc) is 2.59. The molecular weight excluding hydrogens is 238 g/mol. The van der Waals surface area contributed by atoms with Crippen LogP contribution >= 0.6 is 0 Å². The molecule has 4 nitrogen and oxygen atoms in total. The van der Waals surface area contributed by atoms with Crippen LogP contribution in [0.3, 0.4) is 0 Å². The van der Waals surface area contributed by atoms with E-state index in [4.69, 9.17) is 0 Å². The van der Waals surface area contributed by atoms with Gasteiger partial charge in [-0.25, -0.2) is 8.42 Å². The van der Waals surface area contributed by atoms with Gasteiger partial charge < -0.3 is 5.32 Å². The van der Waals surface area contributed by atoms with Crippen molar-refractivity contribution in [2.45, 2.75) is 4.90 Å². The Hall–Kier alpha value is -1.88. The number of benzene rings is 1. The molecular formula is C12H11NO3S. The second kappa shape index (κ2) is 4.18. The van der Waals surface area contributed by atoms with E-state index >= 15 is 0 Å². The zero-order valence-corrected chi connectivity index (χ0v) is 9.83. The van der Waals surface area contributed by atoms with E-state index in [0.29, 0.717) is 5.56 Å². The lowest BCUT2D eigenvalue weighted by Gasteiger charge is -2.03. The Morgan fingerprint density at radius 3 is 2.71 bits per heavy atom. The SMILES string of the molecule is C=CCNC(=O)C1=Cc2ccccc2S1(=O)=O. The van der Waals surface area contributed by atoms with E-state index in [1.54, 1.807) is 18.2 Å². The van der Waals surface area contributed by atoms with Crippen molar-refractivity contribution in [2.75, 3.05) is 6.54 Å². The molecule has 0 saturated heterocycles. The molecule has 0 bridgehead atoms. The summed E-state index contributed by atoms with van der Waals surface area (Å²) in [4.78, 5) is 11.7. The standard InChI is InChI=1S/C12H11NO3S/c1-2-7-13-12(14)11-8-9-5-3-4-6-10(9)17(11,15)16/h2-6,8H,1,7H2,(H,13,14). The fourth-order valence-corrected chi connectivity index (χ4v) is 3.15. The highest BCUT2D eigenvalue weighted by Crippen LogP contribution is 2.32. The second-order valence-electron chi connectivity index (χ2n) is 3.55. The maximum atomic E-state index is 12.0. The molecule has 0 fully saturated rings. The van der Waals surface area contributed by atoms with Gasteiger partial charge in [0.1, 0.15) is 4.91 Å². The molecule has 1 aromatic rings. The first kappa shape index (κ1) is 11.6. The van der Waals surface area contributed by atoms with Gasteiger partial charge in [0.25, 0.3) is 5.91 Å². The molecule has 88 valence electrons. The zero-order valence-electron chi connectivity index (χ0n) is 9.01. The molecule has 0 spiro atoms. The summed E-state index contributed by atoms with van der Waals surface area (Å²) in [7, 11) is -3.66. The van der Waals surface area contributed by atoms with Crippen LogP contribution in [-0.2, 0) is 14.6 Å². The summed E-state index contributed by atoms with van der Waals surface area (Å²) < 4.78 is 24.1. The number of rotatable bonds is 3. The molecule has 5 heteroatoms. The Kier molecular flexibility index (Phi) is 2.85. The van der Waals surface area contributed by atoms with Gasteiger partial charge in [-0.15, -0.1) is 6.58 Å². The molecule has 1 heterocycles. The summed E-state index contributed by atoms with van der Waals surface area (Å²) in [5.74, 6) is -0.596. The van der Waals surface area contributed by atoms with Crippen molar-refractivity contribution in [3.8, 4) is 0 Å². The van der Waals surface area contributed by atoms with Crippen molar-refractivity contribution in [1.29, 1.82) is 0 Å². The van der Waals surface area contributed by atoms with Gasteiger partial charge in [0.2, 0.25) is 9.84 Å². The van der Waals surface area contributed by atoms with Crippen molar-refractivity contribution in [3.05, 3.63) is 47.4 Å². The first-order valence-electron chi connectivity index (χ1n) is 5.02. The molecule has 0 atom stereocenters. The molecule has 1 aliphatic heterocycles. The molecule has 1 amide bonds. The number of hydrogen-bond donors (Lipinski definition) is 1. The normalized spacial score (nSPS) is 15.9. The Balaban J connectivity index is 2.41. The van der Waals surface area contributed by atoms with Gasteiger partial charge in [0.15, 0.2) is 0 Å².